The molecule has 4 saturated carbocycles. The van der Waals surface area contributed by atoms with E-state index in [1.807, 2.05) is 7.05 Å². The minimum atomic E-state index is 0.0286. The molecule has 0 saturated heterocycles. The molecule has 3 heteroatoms. The summed E-state index contributed by atoms with van der Waals surface area (Å²) in [5.74, 6) is 2.90. The summed E-state index contributed by atoms with van der Waals surface area (Å²) in [4.78, 5) is 12.1. The molecule has 0 aromatic carbocycles. The van der Waals surface area contributed by atoms with E-state index >= 15 is 0 Å². The van der Waals surface area contributed by atoms with E-state index in [0.717, 1.165) is 17.8 Å². The van der Waals surface area contributed by atoms with E-state index in [-0.39, 0.29) is 17.4 Å². The zero-order valence-electron chi connectivity index (χ0n) is 11.0. The minimum absolute atomic E-state index is 0.0286. The van der Waals surface area contributed by atoms with Crippen LogP contribution < -0.4 is 10.6 Å². The highest BCUT2D eigenvalue weighted by molar-refractivity contribution is 5.82. The quantitative estimate of drug-likeness (QED) is 0.780. The molecule has 0 radical (unpaired) electrons. The Hall–Kier alpha value is -0.570. The number of nitrogens with one attached hydrogen (secondary N) is 2. The van der Waals surface area contributed by atoms with E-state index in [0.29, 0.717) is 0 Å². The zero-order valence-corrected chi connectivity index (χ0v) is 11.0. The van der Waals surface area contributed by atoms with Crippen LogP contribution in [-0.4, -0.2) is 26.0 Å². The summed E-state index contributed by atoms with van der Waals surface area (Å²) >= 11 is 0. The van der Waals surface area contributed by atoms with E-state index in [1.165, 1.54) is 38.5 Å². The second-order valence-electron chi connectivity index (χ2n) is 6.62. The molecule has 4 aliphatic carbocycles. The fourth-order valence-electron chi connectivity index (χ4n) is 5.39. The van der Waals surface area contributed by atoms with Crippen LogP contribution in [0, 0.1) is 23.2 Å². The number of rotatable bonds is 3. The minimum Gasteiger partial charge on any atom is -0.358 e. The molecular formula is C14H24N2O. The first-order chi connectivity index (χ1) is 8.16. The van der Waals surface area contributed by atoms with Crippen molar-refractivity contribution in [2.75, 3.05) is 14.1 Å². The third-order valence-electron chi connectivity index (χ3n) is 5.50. The van der Waals surface area contributed by atoms with Gasteiger partial charge in [0.25, 0.3) is 0 Å². The second-order valence-corrected chi connectivity index (χ2v) is 6.62. The molecule has 1 unspecified atom stereocenters. The smallest absolute Gasteiger partial charge is 0.237 e. The third kappa shape index (κ3) is 1.70. The fourth-order valence-corrected chi connectivity index (χ4v) is 5.39. The van der Waals surface area contributed by atoms with Crippen LogP contribution in [0.2, 0.25) is 0 Å². The lowest BCUT2D eigenvalue weighted by Gasteiger charge is -2.58. The number of likely N-dealkylation sites (N-methyl/N-ethyl adjacent to an activating group) is 2. The van der Waals surface area contributed by atoms with Crippen LogP contribution in [0.3, 0.4) is 0 Å². The lowest BCUT2D eigenvalue weighted by Crippen LogP contribution is -2.60. The number of hydrogen-bond donors (Lipinski definition) is 2. The summed E-state index contributed by atoms with van der Waals surface area (Å²) in [7, 11) is 3.70. The predicted molar refractivity (Wildman–Crippen MR) is 67.5 cm³/mol. The monoisotopic (exact) mass is 236 g/mol. The predicted octanol–water partition coefficient (Wildman–Crippen LogP) is 1.54. The molecule has 17 heavy (non-hydrogen) atoms. The summed E-state index contributed by atoms with van der Waals surface area (Å²) in [6.07, 6.45) is 8.13. The molecule has 4 rings (SSSR count). The number of carbonyl (C=O) groups excluding carboxylic acids is 1. The molecule has 0 aromatic rings. The molecule has 3 nitrogen and oxygen atoms in total. The highest BCUT2D eigenvalue weighted by Gasteiger charge is 2.55. The topological polar surface area (TPSA) is 41.1 Å². The van der Waals surface area contributed by atoms with Gasteiger partial charge in [-0.25, -0.2) is 0 Å². The second kappa shape index (κ2) is 3.98. The first kappa shape index (κ1) is 11.5. The first-order valence-corrected chi connectivity index (χ1v) is 7.06. The van der Waals surface area contributed by atoms with Gasteiger partial charge in [-0.2, -0.15) is 0 Å². The van der Waals surface area contributed by atoms with Crippen molar-refractivity contribution < 1.29 is 4.79 Å². The van der Waals surface area contributed by atoms with Gasteiger partial charge in [0.2, 0.25) is 5.91 Å². The number of carbonyl (C=O) groups is 1. The Morgan fingerprint density at radius 3 is 1.88 bits per heavy atom. The lowest BCUT2D eigenvalue weighted by molar-refractivity contribution is -0.134. The molecule has 4 bridgehead atoms. The summed E-state index contributed by atoms with van der Waals surface area (Å²) in [5.41, 5.74) is 0.267. The van der Waals surface area contributed by atoms with E-state index < -0.39 is 0 Å². The highest BCUT2D eigenvalue weighted by atomic mass is 16.2. The zero-order chi connectivity index (χ0) is 12.0. The van der Waals surface area contributed by atoms with E-state index in [4.69, 9.17) is 0 Å². The standard InChI is InChI=1S/C14H24N2O/c1-15-12(13(17)16-2)14-6-9-3-10(7-14)5-11(4-9)8-14/h9-12,15H,3-8H2,1-2H3,(H,16,17). The molecule has 2 N–H and O–H groups in total. The molecule has 1 atom stereocenters. The average Bonchev–Trinajstić information content (AvgIpc) is 2.27. The third-order valence-corrected chi connectivity index (χ3v) is 5.50. The van der Waals surface area contributed by atoms with E-state index in [9.17, 15) is 4.79 Å². The van der Waals surface area contributed by atoms with Crippen molar-refractivity contribution in [3.05, 3.63) is 0 Å². The Balaban J connectivity index is 1.87. The summed E-state index contributed by atoms with van der Waals surface area (Å²) in [6.45, 7) is 0. The van der Waals surface area contributed by atoms with Gasteiger partial charge >= 0.3 is 0 Å². The van der Waals surface area contributed by atoms with Crippen molar-refractivity contribution in [1.29, 1.82) is 0 Å². The largest absolute Gasteiger partial charge is 0.358 e. The molecule has 0 heterocycles. The maximum atomic E-state index is 12.1. The van der Waals surface area contributed by atoms with Crippen LogP contribution in [0.4, 0.5) is 0 Å². The van der Waals surface area contributed by atoms with Gasteiger partial charge < -0.3 is 10.6 Å². The van der Waals surface area contributed by atoms with Crippen LogP contribution in [0.5, 0.6) is 0 Å². The Labute approximate surface area is 104 Å². The molecule has 96 valence electrons. The van der Waals surface area contributed by atoms with E-state index in [2.05, 4.69) is 10.6 Å². The average molecular weight is 236 g/mol. The van der Waals surface area contributed by atoms with Crippen molar-refractivity contribution >= 4 is 5.91 Å². The van der Waals surface area contributed by atoms with Crippen molar-refractivity contribution in [2.45, 2.75) is 44.6 Å². The molecule has 4 fully saturated rings. The van der Waals surface area contributed by atoms with Gasteiger partial charge in [0.05, 0.1) is 6.04 Å². The number of hydrogen-bond acceptors (Lipinski definition) is 2. The summed E-state index contributed by atoms with van der Waals surface area (Å²) < 4.78 is 0. The van der Waals surface area contributed by atoms with Crippen LogP contribution >= 0.6 is 0 Å². The van der Waals surface area contributed by atoms with Crippen LogP contribution in [0.25, 0.3) is 0 Å². The maximum absolute atomic E-state index is 12.1. The van der Waals surface area contributed by atoms with Gasteiger partial charge in [0, 0.05) is 7.05 Å². The van der Waals surface area contributed by atoms with Crippen molar-refractivity contribution in [3.8, 4) is 0 Å². The van der Waals surface area contributed by atoms with Crippen LogP contribution in [0.15, 0.2) is 0 Å². The molecule has 1 amide bonds. The first-order valence-electron chi connectivity index (χ1n) is 7.06. The Bertz CT molecular complexity index is 291. The number of amides is 1. The molecule has 0 aromatic heterocycles. The Kier molecular flexibility index (Phi) is 2.69. The Morgan fingerprint density at radius 2 is 1.53 bits per heavy atom. The van der Waals surface area contributed by atoms with Gasteiger partial charge in [0.15, 0.2) is 0 Å². The van der Waals surface area contributed by atoms with Crippen LogP contribution in [-0.2, 0) is 4.79 Å². The van der Waals surface area contributed by atoms with Gasteiger partial charge in [-0.05, 0) is 68.7 Å². The van der Waals surface area contributed by atoms with Crippen molar-refractivity contribution in [1.82, 2.24) is 10.6 Å². The summed E-state index contributed by atoms with van der Waals surface area (Å²) in [6, 6.07) is 0.0286. The van der Waals surface area contributed by atoms with Gasteiger partial charge in [0.1, 0.15) is 0 Å². The SMILES string of the molecule is CNC(=O)C(NC)C12CC3CC(CC(C3)C1)C2. The maximum Gasteiger partial charge on any atom is 0.237 e. The molecule has 0 spiro atoms. The Morgan fingerprint density at radius 1 is 1.06 bits per heavy atom. The lowest BCUT2D eigenvalue weighted by atomic mass is 9.47. The van der Waals surface area contributed by atoms with Crippen LogP contribution in [0.1, 0.15) is 38.5 Å². The highest BCUT2D eigenvalue weighted by Crippen LogP contribution is 2.61. The van der Waals surface area contributed by atoms with Gasteiger partial charge in [-0.1, -0.05) is 0 Å². The van der Waals surface area contributed by atoms with Crippen molar-refractivity contribution in [3.63, 3.8) is 0 Å². The summed E-state index contributed by atoms with van der Waals surface area (Å²) in [5, 5.41) is 6.14. The molecular weight excluding hydrogens is 212 g/mol. The van der Waals surface area contributed by atoms with Crippen molar-refractivity contribution in [2.24, 2.45) is 23.2 Å². The van der Waals surface area contributed by atoms with E-state index in [1.54, 1.807) is 7.05 Å². The fraction of sp³-hybridized carbons (Fsp3) is 0.929. The molecule has 4 aliphatic rings. The normalized spacial score (nSPS) is 44.7. The van der Waals surface area contributed by atoms with Gasteiger partial charge in [-0.15, -0.1) is 0 Å². The van der Waals surface area contributed by atoms with Gasteiger partial charge in [-0.3, -0.25) is 4.79 Å². The molecule has 0 aliphatic heterocycles.